The molecule has 0 fully saturated rings. The van der Waals surface area contributed by atoms with E-state index < -0.39 is 5.97 Å². The third-order valence-corrected chi connectivity index (χ3v) is 3.66. The van der Waals surface area contributed by atoms with Crippen LogP contribution >= 0.6 is 0 Å². The van der Waals surface area contributed by atoms with Crippen LogP contribution in [-0.4, -0.2) is 53.7 Å². The summed E-state index contributed by atoms with van der Waals surface area (Å²) in [5, 5.41) is 11.7. The highest BCUT2D eigenvalue weighted by atomic mass is 16.5. The molecule has 0 spiro atoms. The van der Waals surface area contributed by atoms with Crippen molar-refractivity contribution in [3.05, 3.63) is 29.8 Å². The summed E-state index contributed by atoms with van der Waals surface area (Å²) >= 11 is 0. The van der Waals surface area contributed by atoms with Gasteiger partial charge in [0.1, 0.15) is 11.9 Å². The molecule has 0 aromatic heterocycles. The normalized spacial score (nSPS) is 16.5. The Hall–Kier alpha value is -2.08. The average Bonchev–Trinajstić information content (AvgIpc) is 2.86. The first-order chi connectivity index (χ1) is 10.5. The van der Waals surface area contributed by atoms with Gasteiger partial charge >= 0.3 is 5.97 Å². The van der Waals surface area contributed by atoms with E-state index in [-0.39, 0.29) is 31.1 Å². The molecule has 1 unspecified atom stereocenters. The number of carboxylic acid groups (broad SMARTS) is 1. The van der Waals surface area contributed by atoms with Gasteiger partial charge in [-0.25, -0.2) is 0 Å². The van der Waals surface area contributed by atoms with Crippen molar-refractivity contribution in [2.75, 3.05) is 19.6 Å². The van der Waals surface area contributed by atoms with Gasteiger partial charge in [0.15, 0.2) is 0 Å². The third-order valence-electron chi connectivity index (χ3n) is 3.66. The minimum Gasteiger partial charge on any atom is -0.488 e. The van der Waals surface area contributed by atoms with Crippen LogP contribution < -0.4 is 10.1 Å². The molecule has 6 heteroatoms. The molecule has 1 aromatic rings. The lowest BCUT2D eigenvalue weighted by Crippen LogP contribution is -2.45. The number of amides is 1. The summed E-state index contributed by atoms with van der Waals surface area (Å²) in [6.45, 7) is 4.09. The number of carbonyl (C=O) groups is 2. The fourth-order valence-corrected chi connectivity index (χ4v) is 2.43. The van der Waals surface area contributed by atoms with Crippen molar-refractivity contribution in [3.8, 4) is 5.75 Å². The first-order valence-corrected chi connectivity index (χ1v) is 7.43. The minimum absolute atomic E-state index is 0.00571. The second-order valence-electron chi connectivity index (χ2n) is 5.75. The van der Waals surface area contributed by atoms with Gasteiger partial charge in [0.05, 0.1) is 19.6 Å². The first kappa shape index (κ1) is 16.3. The second kappa shape index (κ2) is 7.26. The van der Waals surface area contributed by atoms with Gasteiger partial charge in [-0.3, -0.25) is 14.5 Å². The smallest absolute Gasteiger partial charge is 0.317 e. The van der Waals surface area contributed by atoms with Crippen molar-refractivity contribution in [1.29, 1.82) is 0 Å². The predicted molar refractivity (Wildman–Crippen MR) is 81.9 cm³/mol. The Morgan fingerprint density at radius 2 is 2.09 bits per heavy atom. The summed E-state index contributed by atoms with van der Waals surface area (Å²) in [6.07, 6.45) is 0.716. The van der Waals surface area contributed by atoms with E-state index in [0.29, 0.717) is 6.54 Å². The van der Waals surface area contributed by atoms with Crippen LogP contribution in [0.2, 0.25) is 0 Å². The Balaban J connectivity index is 1.77. The van der Waals surface area contributed by atoms with E-state index in [2.05, 4.69) is 5.32 Å². The molecule has 120 valence electrons. The molecule has 22 heavy (non-hydrogen) atoms. The highest BCUT2D eigenvalue weighted by Crippen LogP contribution is 2.27. The number of ether oxygens (including phenoxy) is 1. The van der Waals surface area contributed by atoms with E-state index in [9.17, 15) is 9.59 Å². The van der Waals surface area contributed by atoms with Crippen LogP contribution in [0.5, 0.6) is 5.75 Å². The van der Waals surface area contributed by atoms with Crippen molar-refractivity contribution in [3.63, 3.8) is 0 Å². The number of nitrogens with one attached hydrogen (secondary N) is 1. The SMILES string of the molecule is CC(C)N(CC(=O)O)CC(=O)NCC1Cc2ccccc2O1. The van der Waals surface area contributed by atoms with Crippen molar-refractivity contribution in [1.82, 2.24) is 10.2 Å². The summed E-state index contributed by atoms with van der Waals surface area (Å²) in [5.41, 5.74) is 1.15. The highest BCUT2D eigenvalue weighted by molar-refractivity contribution is 5.79. The Morgan fingerprint density at radius 1 is 1.36 bits per heavy atom. The largest absolute Gasteiger partial charge is 0.488 e. The second-order valence-corrected chi connectivity index (χ2v) is 5.75. The number of carboxylic acids is 1. The van der Waals surface area contributed by atoms with E-state index >= 15 is 0 Å². The number of rotatable bonds is 7. The lowest BCUT2D eigenvalue weighted by molar-refractivity contribution is -0.139. The van der Waals surface area contributed by atoms with Gasteiger partial charge in [0.25, 0.3) is 0 Å². The zero-order chi connectivity index (χ0) is 16.1. The quantitative estimate of drug-likeness (QED) is 0.782. The fraction of sp³-hybridized carbons (Fsp3) is 0.500. The molecule has 1 amide bonds. The molecular formula is C16H22N2O4. The van der Waals surface area contributed by atoms with E-state index in [1.807, 2.05) is 38.1 Å². The van der Waals surface area contributed by atoms with Crippen LogP contribution in [0.1, 0.15) is 19.4 Å². The molecule has 2 N–H and O–H groups in total. The Bertz CT molecular complexity index is 520. The Morgan fingerprint density at radius 3 is 2.73 bits per heavy atom. The van der Waals surface area contributed by atoms with Crippen LogP contribution in [0.4, 0.5) is 0 Å². The van der Waals surface area contributed by atoms with Crippen LogP contribution in [0, 0.1) is 0 Å². The molecule has 0 radical (unpaired) electrons. The summed E-state index contributed by atoms with van der Waals surface area (Å²) in [6, 6.07) is 7.82. The van der Waals surface area contributed by atoms with Gasteiger partial charge in [0, 0.05) is 12.5 Å². The molecule has 1 aromatic carbocycles. The average molecular weight is 306 g/mol. The number of benzene rings is 1. The molecule has 1 heterocycles. The maximum atomic E-state index is 12.0. The third kappa shape index (κ3) is 4.46. The Kier molecular flexibility index (Phi) is 5.38. The van der Waals surface area contributed by atoms with E-state index in [0.717, 1.165) is 17.7 Å². The van der Waals surface area contributed by atoms with Crippen LogP contribution in [0.15, 0.2) is 24.3 Å². The molecule has 0 saturated carbocycles. The summed E-state index contributed by atoms with van der Waals surface area (Å²) < 4.78 is 5.75. The van der Waals surface area contributed by atoms with Crippen molar-refractivity contribution < 1.29 is 19.4 Å². The molecule has 6 nitrogen and oxygen atoms in total. The lowest BCUT2D eigenvalue weighted by atomic mass is 10.1. The van der Waals surface area contributed by atoms with Crippen molar-refractivity contribution >= 4 is 11.9 Å². The molecular weight excluding hydrogens is 284 g/mol. The molecule has 1 atom stereocenters. The van der Waals surface area contributed by atoms with Crippen LogP contribution in [0.3, 0.4) is 0 Å². The summed E-state index contributed by atoms with van der Waals surface area (Å²) in [4.78, 5) is 24.4. The predicted octanol–water partition coefficient (Wildman–Crippen LogP) is 0.901. The summed E-state index contributed by atoms with van der Waals surface area (Å²) in [7, 11) is 0. The summed E-state index contributed by atoms with van der Waals surface area (Å²) in [5.74, 6) is -0.248. The number of hydrogen-bond donors (Lipinski definition) is 2. The number of para-hydroxylation sites is 1. The molecule has 0 saturated heterocycles. The van der Waals surface area contributed by atoms with Gasteiger partial charge in [-0.15, -0.1) is 0 Å². The Labute approximate surface area is 130 Å². The van der Waals surface area contributed by atoms with Crippen molar-refractivity contribution in [2.24, 2.45) is 0 Å². The van der Waals surface area contributed by atoms with Gasteiger partial charge in [-0.2, -0.15) is 0 Å². The highest BCUT2D eigenvalue weighted by Gasteiger charge is 2.23. The lowest BCUT2D eigenvalue weighted by Gasteiger charge is -2.24. The van der Waals surface area contributed by atoms with E-state index in [1.54, 1.807) is 4.90 Å². The standard InChI is InChI=1S/C16H22N2O4/c1-11(2)18(10-16(20)21)9-15(19)17-8-13-7-12-5-3-4-6-14(12)22-13/h3-6,11,13H,7-10H2,1-2H3,(H,17,19)(H,20,21). The number of aliphatic carboxylic acids is 1. The molecule has 0 bridgehead atoms. The van der Waals surface area contributed by atoms with Gasteiger partial charge in [-0.1, -0.05) is 18.2 Å². The maximum absolute atomic E-state index is 12.0. The van der Waals surface area contributed by atoms with Gasteiger partial charge in [0.2, 0.25) is 5.91 Å². The zero-order valence-corrected chi connectivity index (χ0v) is 12.9. The fourth-order valence-electron chi connectivity index (χ4n) is 2.43. The van der Waals surface area contributed by atoms with Crippen LogP contribution in [-0.2, 0) is 16.0 Å². The van der Waals surface area contributed by atoms with Gasteiger partial charge < -0.3 is 15.2 Å². The number of nitrogens with zero attached hydrogens (tertiary/aromatic N) is 1. The molecule has 2 rings (SSSR count). The van der Waals surface area contributed by atoms with Crippen LogP contribution in [0.25, 0.3) is 0 Å². The van der Waals surface area contributed by atoms with E-state index in [1.165, 1.54) is 0 Å². The maximum Gasteiger partial charge on any atom is 0.317 e. The first-order valence-electron chi connectivity index (χ1n) is 7.43. The van der Waals surface area contributed by atoms with E-state index in [4.69, 9.17) is 9.84 Å². The molecule has 1 aliphatic heterocycles. The van der Waals surface area contributed by atoms with Gasteiger partial charge in [-0.05, 0) is 25.5 Å². The monoisotopic (exact) mass is 306 g/mol. The molecule has 0 aliphatic carbocycles. The zero-order valence-electron chi connectivity index (χ0n) is 12.9. The van der Waals surface area contributed by atoms with Crippen molar-refractivity contribution in [2.45, 2.75) is 32.4 Å². The number of hydrogen-bond acceptors (Lipinski definition) is 4. The number of carbonyl (C=O) groups excluding carboxylic acids is 1. The minimum atomic E-state index is -0.934. The topological polar surface area (TPSA) is 78.9 Å². The number of fused-ring (bicyclic) bond motifs is 1. The molecule has 1 aliphatic rings.